The minimum Gasteiger partial charge on any atom is -0.480 e. The molecule has 0 spiro atoms. The van der Waals surface area contributed by atoms with Crippen LogP contribution in [0.25, 0.3) is 0 Å². The van der Waals surface area contributed by atoms with Gasteiger partial charge in [0.1, 0.15) is 6.04 Å². The zero-order chi connectivity index (χ0) is 10.4. The van der Waals surface area contributed by atoms with Crippen molar-refractivity contribution >= 4 is 17.8 Å². The molecule has 0 fully saturated rings. The Morgan fingerprint density at radius 3 is 2.31 bits per heavy atom. The van der Waals surface area contributed by atoms with Crippen LogP contribution in [-0.2, 0) is 9.59 Å². The van der Waals surface area contributed by atoms with E-state index in [0.29, 0.717) is 0 Å². The number of carboxylic acid groups (broad SMARTS) is 1. The highest BCUT2D eigenvalue weighted by molar-refractivity contribution is 5.91. The van der Waals surface area contributed by atoms with Crippen LogP contribution in [-0.4, -0.2) is 29.0 Å². The summed E-state index contributed by atoms with van der Waals surface area (Å²) in [6, 6.07) is -1.06. The molecule has 13 heavy (non-hydrogen) atoms. The highest BCUT2D eigenvalue weighted by atomic mass is 16.4. The summed E-state index contributed by atoms with van der Waals surface area (Å²) >= 11 is 0. The summed E-state index contributed by atoms with van der Waals surface area (Å²) in [6.07, 6.45) is -0.0592. The second-order valence-electron chi connectivity index (χ2n) is 2.41. The first-order valence-electron chi connectivity index (χ1n) is 3.54. The van der Waals surface area contributed by atoms with E-state index < -0.39 is 17.9 Å². The lowest BCUT2D eigenvalue weighted by Crippen LogP contribution is -2.31. The lowest BCUT2D eigenvalue weighted by Gasteiger charge is -2.02. The van der Waals surface area contributed by atoms with Crippen LogP contribution in [0.4, 0.5) is 0 Å². The number of nitrogens with two attached hydrogens (primary N) is 3. The smallest absolute Gasteiger partial charge is 0.320 e. The Balaban J connectivity index is 3.84. The van der Waals surface area contributed by atoms with Crippen molar-refractivity contribution in [2.45, 2.75) is 18.9 Å². The molecule has 7 N–H and O–H groups in total. The van der Waals surface area contributed by atoms with Gasteiger partial charge in [-0.15, -0.1) is 0 Å². The van der Waals surface area contributed by atoms with Crippen molar-refractivity contribution in [3.8, 4) is 0 Å². The maximum Gasteiger partial charge on any atom is 0.320 e. The molecule has 1 unspecified atom stereocenters. The zero-order valence-corrected chi connectivity index (χ0v) is 6.93. The summed E-state index contributed by atoms with van der Waals surface area (Å²) in [5.74, 6) is -2.07. The molecule has 0 aromatic carbocycles. The van der Waals surface area contributed by atoms with Gasteiger partial charge >= 0.3 is 5.97 Å². The van der Waals surface area contributed by atoms with Crippen molar-refractivity contribution < 1.29 is 14.7 Å². The Bertz CT molecular complexity index is 234. The third kappa shape index (κ3) is 5.62. The number of carbonyl (C=O) groups excluding carboxylic acids is 1. The molecule has 74 valence electrons. The van der Waals surface area contributed by atoms with E-state index in [-0.39, 0.29) is 18.8 Å². The Hall–Kier alpha value is -1.63. The van der Waals surface area contributed by atoms with E-state index in [9.17, 15) is 9.59 Å². The van der Waals surface area contributed by atoms with Gasteiger partial charge in [0.15, 0.2) is 5.96 Å². The van der Waals surface area contributed by atoms with Crippen LogP contribution in [0.3, 0.4) is 0 Å². The topological polar surface area (TPSA) is 145 Å². The van der Waals surface area contributed by atoms with Crippen LogP contribution in [0.15, 0.2) is 4.99 Å². The van der Waals surface area contributed by atoms with Crippen molar-refractivity contribution in [3.05, 3.63) is 0 Å². The van der Waals surface area contributed by atoms with E-state index in [4.69, 9.17) is 22.3 Å². The van der Waals surface area contributed by atoms with Crippen molar-refractivity contribution in [3.63, 3.8) is 0 Å². The summed E-state index contributed by atoms with van der Waals surface area (Å²) in [6.45, 7) is 0. The van der Waals surface area contributed by atoms with Gasteiger partial charge in [0, 0.05) is 6.42 Å². The molecule has 0 saturated heterocycles. The van der Waals surface area contributed by atoms with Gasteiger partial charge in [-0.1, -0.05) is 0 Å². The van der Waals surface area contributed by atoms with Crippen LogP contribution in [0.1, 0.15) is 12.8 Å². The van der Waals surface area contributed by atoms with E-state index in [0.717, 1.165) is 0 Å². The third-order valence-corrected chi connectivity index (χ3v) is 1.24. The number of carbonyl (C=O) groups is 2. The van der Waals surface area contributed by atoms with Crippen molar-refractivity contribution in [2.24, 2.45) is 22.2 Å². The largest absolute Gasteiger partial charge is 0.480 e. The summed E-state index contributed by atoms with van der Waals surface area (Å²) in [4.78, 5) is 24.2. The molecule has 0 rings (SSSR count). The molecular formula is C6H12N4O3. The molecule has 0 saturated carbocycles. The van der Waals surface area contributed by atoms with Gasteiger partial charge in [-0.2, -0.15) is 4.99 Å². The number of rotatable bonds is 4. The number of nitrogens with zero attached hydrogens (tertiary/aromatic N) is 1. The summed E-state index contributed by atoms with van der Waals surface area (Å²) in [5.41, 5.74) is 15.0. The number of aliphatic carboxylic acids is 1. The second kappa shape index (κ2) is 5.09. The van der Waals surface area contributed by atoms with E-state index >= 15 is 0 Å². The molecule has 7 nitrogen and oxygen atoms in total. The highest BCUT2D eigenvalue weighted by Gasteiger charge is 2.12. The standard InChI is InChI=1S/C6H12N4O3/c7-3(5(12)13)1-2-4(11)10-6(8)9/h3H,1-2,7H2,(H,12,13)(H4,8,9,10,11). The number of amides is 1. The van der Waals surface area contributed by atoms with Crippen molar-refractivity contribution in [1.29, 1.82) is 0 Å². The van der Waals surface area contributed by atoms with Gasteiger partial charge in [-0.3, -0.25) is 9.59 Å². The van der Waals surface area contributed by atoms with E-state index in [1.165, 1.54) is 0 Å². The van der Waals surface area contributed by atoms with Crippen LogP contribution in [0.2, 0.25) is 0 Å². The molecule has 0 heterocycles. The summed E-state index contributed by atoms with van der Waals surface area (Å²) < 4.78 is 0. The Morgan fingerprint density at radius 2 is 1.92 bits per heavy atom. The first kappa shape index (κ1) is 11.4. The van der Waals surface area contributed by atoms with Gasteiger partial charge in [-0.05, 0) is 6.42 Å². The fourth-order valence-electron chi connectivity index (χ4n) is 0.602. The quantitative estimate of drug-likeness (QED) is 0.296. The van der Waals surface area contributed by atoms with Crippen molar-refractivity contribution in [2.75, 3.05) is 0 Å². The Labute approximate surface area is 74.6 Å². The number of aliphatic imine (C=N–C) groups is 1. The predicted octanol–water partition coefficient (Wildman–Crippen LogP) is -2.02. The maximum absolute atomic E-state index is 10.8. The zero-order valence-electron chi connectivity index (χ0n) is 6.93. The Morgan fingerprint density at radius 1 is 1.38 bits per heavy atom. The van der Waals surface area contributed by atoms with Crippen LogP contribution < -0.4 is 17.2 Å². The first-order valence-corrected chi connectivity index (χ1v) is 3.54. The van der Waals surface area contributed by atoms with Gasteiger partial charge in [0.05, 0.1) is 0 Å². The van der Waals surface area contributed by atoms with Crippen LogP contribution in [0.5, 0.6) is 0 Å². The average molecular weight is 188 g/mol. The first-order chi connectivity index (χ1) is 5.93. The van der Waals surface area contributed by atoms with Gasteiger partial charge < -0.3 is 22.3 Å². The monoisotopic (exact) mass is 188 g/mol. The number of hydrogen-bond donors (Lipinski definition) is 4. The number of guanidine groups is 1. The molecule has 0 aromatic rings. The number of carboxylic acids is 1. The van der Waals surface area contributed by atoms with Crippen LogP contribution >= 0.6 is 0 Å². The van der Waals surface area contributed by atoms with Gasteiger partial charge in [-0.25, -0.2) is 0 Å². The third-order valence-electron chi connectivity index (χ3n) is 1.24. The minimum absolute atomic E-state index is 0.0188. The molecule has 0 radical (unpaired) electrons. The normalized spacial score (nSPS) is 11.8. The maximum atomic E-state index is 10.8. The fourth-order valence-corrected chi connectivity index (χ4v) is 0.602. The van der Waals surface area contributed by atoms with E-state index in [2.05, 4.69) is 4.99 Å². The summed E-state index contributed by atoms with van der Waals surface area (Å²) in [7, 11) is 0. The minimum atomic E-state index is -1.16. The molecule has 1 amide bonds. The average Bonchev–Trinajstić information content (AvgIpc) is 1.98. The molecule has 0 aliphatic carbocycles. The predicted molar refractivity (Wildman–Crippen MR) is 45.7 cm³/mol. The lowest BCUT2D eigenvalue weighted by atomic mass is 10.2. The number of hydrogen-bond acceptors (Lipinski definition) is 3. The molecular weight excluding hydrogens is 176 g/mol. The van der Waals surface area contributed by atoms with E-state index in [1.807, 2.05) is 0 Å². The van der Waals surface area contributed by atoms with Crippen molar-refractivity contribution in [1.82, 2.24) is 0 Å². The van der Waals surface area contributed by atoms with Gasteiger partial charge in [0.25, 0.3) is 0 Å². The molecule has 0 aliphatic heterocycles. The van der Waals surface area contributed by atoms with E-state index in [1.54, 1.807) is 0 Å². The second-order valence-corrected chi connectivity index (χ2v) is 2.41. The fraction of sp³-hybridized carbons (Fsp3) is 0.500. The summed E-state index contributed by atoms with van der Waals surface area (Å²) in [5, 5.41) is 8.36. The van der Waals surface area contributed by atoms with Gasteiger partial charge in [0.2, 0.25) is 5.91 Å². The highest BCUT2D eigenvalue weighted by Crippen LogP contribution is 1.96. The lowest BCUT2D eigenvalue weighted by molar-refractivity contribution is -0.138. The molecule has 1 atom stereocenters. The van der Waals surface area contributed by atoms with Crippen LogP contribution in [0, 0.1) is 0 Å². The Kier molecular flexibility index (Phi) is 4.45. The molecule has 0 bridgehead atoms. The molecule has 7 heteroatoms. The SMILES string of the molecule is NC(N)=NC(=O)CCC(N)C(=O)O. The molecule has 0 aromatic heterocycles. The molecule has 0 aliphatic rings.